The molecule has 1 aliphatic rings. The Labute approximate surface area is 165 Å². The highest BCUT2D eigenvalue weighted by Gasteiger charge is 2.27. The molecule has 0 bridgehead atoms. The van der Waals surface area contributed by atoms with Crippen molar-refractivity contribution < 1.29 is 13.2 Å². The normalized spacial score (nSPS) is 15.5. The molecule has 0 saturated carbocycles. The molecule has 5 nitrogen and oxygen atoms in total. The number of nitrogens with one attached hydrogen (secondary N) is 1. The lowest BCUT2D eigenvalue weighted by Gasteiger charge is -2.26. The van der Waals surface area contributed by atoms with Crippen LogP contribution in [0.25, 0.3) is 0 Å². The van der Waals surface area contributed by atoms with Crippen LogP contribution in [-0.4, -0.2) is 31.7 Å². The lowest BCUT2D eigenvalue weighted by molar-refractivity contribution is 0.102. The first-order chi connectivity index (χ1) is 12.8. The van der Waals surface area contributed by atoms with Crippen molar-refractivity contribution in [1.82, 2.24) is 4.31 Å². The van der Waals surface area contributed by atoms with Gasteiger partial charge in [-0.15, -0.1) is 0 Å². The highest BCUT2D eigenvalue weighted by molar-refractivity contribution is 7.89. The highest BCUT2D eigenvalue weighted by atomic mass is 35.5. The van der Waals surface area contributed by atoms with Gasteiger partial charge in [0.2, 0.25) is 10.0 Å². The summed E-state index contributed by atoms with van der Waals surface area (Å²) in [6.07, 6.45) is 2.75. The maximum Gasteiger partial charge on any atom is 0.257 e. The molecular formula is C20H23ClN2O3S. The number of halogens is 1. The standard InChI is InChI=1S/C20H23ClN2O3S/c1-14-7-6-8-15(2)19(14)22-20(24)17-13-16(9-10-18(17)21)27(25,26)23-11-4-3-5-12-23/h6-10,13H,3-5,11-12H2,1-2H3,(H,22,24). The minimum Gasteiger partial charge on any atom is -0.321 e. The van der Waals surface area contributed by atoms with Gasteiger partial charge in [0.15, 0.2) is 0 Å². The minimum atomic E-state index is -3.63. The van der Waals surface area contributed by atoms with Crippen molar-refractivity contribution in [2.24, 2.45) is 0 Å². The van der Waals surface area contributed by atoms with E-state index in [9.17, 15) is 13.2 Å². The fraction of sp³-hybridized carbons (Fsp3) is 0.350. The van der Waals surface area contributed by atoms with Crippen molar-refractivity contribution >= 4 is 33.2 Å². The predicted octanol–water partition coefficient (Wildman–Crippen LogP) is 4.38. The van der Waals surface area contributed by atoms with Crippen molar-refractivity contribution in [3.63, 3.8) is 0 Å². The van der Waals surface area contributed by atoms with Crippen molar-refractivity contribution in [3.05, 3.63) is 58.1 Å². The molecule has 2 aromatic rings. The Morgan fingerprint density at radius 2 is 1.67 bits per heavy atom. The molecule has 0 unspecified atom stereocenters. The number of carbonyl (C=O) groups is 1. The van der Waals surface area contributed by atoms with Crippen LogP contribution in [0.2, 0.25) is 5.02 Å². The summed E-state index contributed by atoms with van der Waals surface area (Å²) in [6.45, 7) is 4.83. The maximum absolute atomic E-state index is 12.9. The Kier molecular flexibility index (Phi) is 5.89. The van der Waals surface area contributed by atoms with Gasteiger partial charge in [-0.2, -0.15) is 4.31 Å². The first-order valence-corrected chi connectivity index (χ1v) is 10.8. The van der Waals surface area contributed by atoms with Crippen molar-refractivity contribution in [1.29, 1.82) is 0 Å². The summed E-state index contributed by atoms with van der Waals surface area (Å²) in [5.41, 5.74) is 2.72. The van der Waals surface area contributed by atoms with E-state index in [4.69, 9.17) is 11.6 Å². The molecule has 144 valence electrons. The van der Waals surface area contributed by atoms with Gasteiger partial charge in [0.05, 0.1) is 15.5 Å². The molecule has 1 fully saturated rings. The van der Waals surface area contributed by atoms with Crippen LogP contribution in [0, 0.1) is 13.8 Å². The SMILES string of the molecule is Cc1cccc(C)c1NC(=O)c1cc(S(=O)(=O)N2CCCCC2)ccc1Cl. The predicted molar refractivity (Wildman–Crippen MR) is 108 cm³/mol. The number of hydrogen-bond acceptors (Lipinski definition) is 3. The first kappa shape index (κ1) is 19.9. The van der Waals surface area contributed by atoms with E-state index < -0.39 is 15.9 Å². The second kappa shape index (κ2) is 8.00. The van der Waals surface area contributed by atoms with Gasteiger partial charge in [0, 0.05) is 18.8 Å². The second-order valence-electron chi connectivity index (χ2n) is 6.83. The number of nitrogens with zero attached hydrogens (tertiary/aromatic N) is 1. The quantitative estimate of drug-likeness (QED) is 0.819. The topological polar surface area (TPSA) is 66.5 Å². The fourth-order valence-corrected chi connectivity index (χ4v) is 5.03. The van der Waals surface area contributed by atoms with Gasteiger partial charge in [-0.1, -0.05) is 36.2 Å². The molecular weight excluding hydrogens is 384 g/mol. The van der Waals surface area contributed by atoms with Crippen molar-refractivity contribution in [2.75, 3.05) is 18.4 Å². The summed E-state index contributed by atoms with van der Waals surface area (Å²) in [4.78, 5) is 12.9. The van der Waals surface area contributed by atoms with Crippen LogP contribution in [0.1, 0.15) is 40.7 Å². The van der Waals surface area contributed by atoms with Gasteiger partial charge in [-0.3, -0.25) is 4.79 Å². The van der Waals surface area contributed by atoms with E-state index in [0.29, 0.717) is 18.8 Å². The third-order valence-electron chi connectivity index (χ3n) is 4.85. The summed E-state index contributed by atoms with van der Waals surface area (Å²) in [6, 6.07) is 10.0. The zero-order valence-corrected chi connectivity index (χ0v) is 17.0. The molecule has 2 aromatic carbocycles. The molecule has 1 saturated heterocycles. The fourth-order valence-electron chi connectivity index (χ4n) is 3.29. The zero-order chi connectivity index (χ0) is 19.6. The summed E-state index contributed by atoms with van der Waals surface area (Å²) < 4.78 is 27.3. The second-order valence-corrected chi connectivity index (χ2v) is 9.17. The molecule has 7 heteroatoms. The number of carbonyl (C=O) groups excluding carboxylic acids is 1. The van der Waals surface area contributed by atoms with Crippen molar-refractivity contribution in [2.45, 2.75) is 38.0 Å². The van der Waals surface area contributed by atoms with E-state index in [1.54, 1.807) is 0 Å². The smallest absolute Gasteiger partial charge is 0.257 e. The Balaban J connectivity index is 1.92. The van der Waals surface area contributed by atoms with Crippen LogP contribution in [0.15, 0.2) is 41.3 Å². The summed E-state index contributed by atoms with van der Waals surface area (Å²) in [7, 11) is -3.63. The summed E-state index contributed by atoms with van der Waals surface area (Å²) in [5, 5.41) is 3.08. The van der Waals surface area contributed by atoms with E-state index >= 15 is 0 Å². The number of sulfonamides is 1. The average Bonchev–Trinajstić information content (AvgIpc) is 2.65. The highest BCUT2D eigenvalue weighted by Crippen LogP contribution is 2.27. The van der Waals surface area contributed by atoms with Crippen molar-refractivity contribution in [3.8, 4) is 0 Å². The number of rotatable bonds is 4. The number of hydrogen-bond donors (Lipinski definition) is 1. The van der Waals surface area contributed by atoms with Gasteiger partial charge >= 0.3 is 0 Å². The van der Waals surface area contributed by atoms with Gasteiger partial charge in [-0.05, 0) is 56.0 Å². The van der Waals surface area contributed by atoms with E-state index in [-0.39, 0.29) is 15.5 Å². The van der Waals surface area contributed by atoms with Gasteiger partial charge in [-0.25, -0.2) is 8.42 Å². The number of anilines is 1. The number of piperidine rings is 1. The van der Waals surface area contributed by atoms with Crippen LogP contribution in [-0.2, 0) is 10.0 Å². The van der Waals surface area contributed by atoms with Crippen LogP contribution < -0.4 is 5.32 Å². The Morgan fingerprint density at radius 3 is 2.30 bits per heavy atom. The summed E-state index contributed by atoms with van der Waals surface area (Å²) in [5.74, 6) is -0.423. The molecule has 0 aromatic heterocycles. The molecule has 1 aliphatic heterocycles. The number of benzene rings is 2. The van der Waals surface area contributed by atoms with Crippen LogP contribution in [0.3, 0.4) is 0 Å². The van der Waals surface area contributed by atoms with Gasteiger partial charge < -0.3 is 5.32 Å². The van der Waals surface area contributed by atoms with Crippen LogP contribution in [0.5, 0.6) is 0 Å². The van der Waals surface area contributed by atoms with E-state index in [1.165, 1.54) is 22.5 Å². The van der Waals surface area contributed by atoms with E-state index in [1.807, 2.05) is 32.0 Å². The third-order valence-corrected chi connectivity index (χ3v) is 7.08. The molecule has 0 radical (unpaired) electrons. The molecule has 1 N–H and O–H groups in total. The van der Waals surface area contributed by atoms with Crippen LogP contribution >= 0.6 is 11.6 Å². The molecule has 0 atom stereocenters. The molecule has 0 aliphatic carbocycles. The maximum atomic E-state index is 12.9. The van der Waals surface area contributed by atoms with E-state index in [0.717, 1.165) is 30.4 Å². The number of amides is 1. The van der Waals surface area contributed by atoms with Gasteiger partial charge in [0.25, 0.3) is 5.91 Å². The summed E-state index contributed by atoms with van der Waals surface area (Å²) >= 11 is 6.20. The largest absolute Gasteiger partial charge is 0.321 e. The lowest BCUT2D eigenvalue weighted by Crippen LogP contribution is -2.35. The first-order valence-electron chi connectivity index (χ1n) is 8.98. The Bertz CT molecular complexity index is 947. The number of para-hydroxylation sites is 1. The van der Waals surface area contributed by atoms with E-state index in [2.05, 4.69) is 5.32 Å². The van der Waals surface area contributed by atoms with Gasteiger partial charge in [0.1, 0.15) is 0 Å². The third kappa shape index (κ3) is 4.18. The Morgan fingerprint density at radius 1 is 1.04 bits per heavy atom. The monoisotopic (exact) mass is 406 g/mol. The average molecular weight is 407 g/mol. The number of aryl methyl sites for hydroxylation is 2. The molecule has 1 heterocycles. The Hall–Kier alpha value is -1.89. The molecule has 3 rings (SSSR count). The van der Waals surface area contributed by atoms with Crippen LogP contribution in [0.4, 0.5) is 5.69 Å². The lowest BCUT2D eigenvalue weighted by atomic mass is 10.1. The molecule has 27 heavy (non-hydrogen) atoms. The zero-order valence-electron chi connectivity index (χ0n) is 15.5. The molecule has 1 amide bonds. The minimum absolute atomic E-state index is 0.0976. The molecule has 0 spiro atoms.